The number of nitrogens with zero attached hydrogens (tertiary/aromatic N) is 3. The number of benzene rings is 2. The Hall–Kier alpha value is -3.41. The summed E-state index contributed by atoms with van der Waals surface area (Å²) in [5, 5.41) is 9.48. The molecule has 2 aromatic heterocycles. The van der Waals surface area contributed by atoms with E-state index < -0.39 is 0 Å². The summed E-state index contributed by atoms with van der Waals surface area (Å²) in [7, 11) is 0. The number of hydrogen-bond donors (Lipinski definition) is 1. The van der Waals surface area contributed by atoms with E-state index in [1.165, 1.54) is 4.68 Å². The van der Waals surface area contributed by atoms with Crippen molar-refractivity contribution in [3.63, 3.8) is 0 Å². The smallest absolute Gasteiger partial charge is 0.276 e. The molecule has 0 saturated carbocycles. The van der Waals surface area contributed by atoms with Crippen molar-refractivity contribution < 1.29 is 4.79 Å². The number of hydrogen-bond acceptors (Lipinski definition) is 3. The van der Waals surface area contributed by atoms with Gasteiger partial charge in [0.15, 0.2) is 5.69 Å². The largest absolute Gasteiger partial charge is 0.348 e. The molecular weight excluding hydrogens is 364 g/mol. The van der Waals surface area contributed by atoms with E-state index >= 15 is 0 Å². The fraction of sp³-hybridized carbons (Fsp3) is 0.261. The Morgan fingerprint density at radius 3 is 2.59 bits per heavy atom. The van der Waals surface area contributed by atoms with Gasteiger partial charge in [0.2, 0.25) is 0 Å². The van der Waals surface area contributed by atoms with Gasteiger partial charge in [-0.15, -0.1) is 0 Å². The van der Waals surface area contributed by atoms with E-state index in [2.05, 4.69) is 21.9 Å². The second-order valence-corrected chi connectivity index (χ2v) is 7.60. The van der Waals surface area contributed by atoms with E-state index in [1.807, 2.05) is 50.4 Å². The van der Waals surface area contributed by atoms with Gasteiger partial charge in [0.25, 0.3) is 11.5 Å². The average Bonchev–Trinajstić information content (AvgIpc) is 3.12. The molecule has 4 rings (SSSR count). The highest BCUT2D eigenvalue weighted by atomic mass is 16.2. The lowest BCUT2D eigenvalue weighted by Gasteiger charge is -2.13. The maximum atomic E-state index is 13.1. The van der Waals surface area contributed by atoms with Gasteiger partial charge in [-0.1, -0.05) is 32.0 Å². The fourth-order valence-corrected chi connectivity index (χ4v) is 3.62. The maximum absolute atomic E-state index is 13.1. The summed E-state index contributed by atoms with van der Waals surface area (Å²) in [4.78, 5) is 25.8. The highest BCUT2D eigenvalue weighted by Crippen LogP contribution is 2.22. The van der Waals surface area contributed by atoms with Crippen molar-refractivity contribution in [1.29, 1.82) is 0 Å². The molecule has 0 aliphatic heterocycles. The van der Waals surface area contributed by atoms with Crippen LogP contribution in [0.15, 0.2) is 59.5 Å². The zero-order valence-corrected chi connectivity index (χ0v) is 16.8. The molecule has 6 heteroatoms. The second-order valence-electron chi connectivity index (χ2n) is 7.60. The predicted molar refractivity (Wildman–Crippen MR) is 116 cm³/mol. The lowest BCUT2D eigenvalue weighted by atomic mass is 10.1. The summed E-state index contributed by atoms with van der Waals surface area (Å²) in [5.41, 5.74) is 1.91. The first kappa shape index (κ1) is 18.9. The highest BCUT2D eigenvalue weighted by molar-refractivity contribution is 6.11. The van der Waals surface area contributed by atoms with Crippen LogP contribution in [0.4, 0.5) is 5.69 Å². The van der Waals surface area contributed by atoms with Crippen molar-refractivity contribution in [2.75, 3.05) is 5.32 Å². The van der Waals surface area contributed by atoms with E-state index in [4.69, 9.17) is 0 Å². The van der Waals surface area contributed by atoms with Gasteiger partial charge in [0.05, 0.1) is 5.39 Å². The minimum atomic E-state index is -0.326. The van der Waals surface area contributed by atoms with Gasteiger partial charge in [-0.25, -0.2) is 4.68 Å². The molecule has 0 bridgehead atoms. The van der Waals surface area contributed by atoms with Crippen molar-refractivity contribution >= 4 is 33.3 Å². The standard InChI is InChI=1S/C23H24N4O2/c1-4-26-12-11-16-13-17(9-10-20(16)26)24-22(28)21-18-7-5-6-8-19(18)23(29)27(25-21)14-15(2)3/h5-13,15H,4,14H2,1-3H3,(H,24,28). The van der Waals surface area contributed by atoms with Crippen LogP contribution >= 0.6 is 0 Å². The average molecular weight is 388 g/mol. The van der Waals surface area contributed by atoms with Crippen LogP contribution in [0.2, 0.25) is 0 Å². The number of amides is 1. The Labute approximate surface area is 168 Å². The van der Waals surface area contributed by atoms with Gasteiger partial charge in [0, 0.05) is 41.3 Å². The third-order valence-corrected chi connectivity index (χ3v) is 4.99. The Bertz CT molecular complexity index is 1270. The van der Waals surface area contributed by atoms with Crippen LogP contribution in [-0.4, -0.2) is 20.3 Å². The van der Waals surface area contributed by atoms with Crippen molar-refractivity contribution in [1.82, 2.24) is 14.3 Å². The zero-order chi connectivity index (χ0) is 20.5. The quantitative estimate of drug-likeness (QED) is 0.555. The van der Waals surface area contributed by atoms with Gasteiger partial charge in [-0.05, 0) is 43.2 Å². The molecule has 1 amide bonds. The first-order valence-electron chi connectivity index (χ1n) is 9.88. The van der Waals surface area contributed by atoms with E-state index in [1.54, 1.807) is 18.2 Å². The molecule has 0 unspecified atom stereocenters. The van der Waals surface area contributed by atoms with E-state index in [9.17, 15) is 9.59 Å². The van der Waals surface area contributed by atoms with Crippen LogP contribution in [0.1, 0.15) is 31.3 Å². The summed E-state index contributed by atoms with van der Waals surface area (Å²) >= 11 is 0. The molecular formula is C23H24N4O2. The molecule has 2 aromatic carbocycles. The predicted octanol–water partition coefficient (Wildman–Crippen LogP) is 4.28. The van der Waals surface area contributed by atoms with Crippen LogP contribution in [0.25, 0.3) is 21.7 Å². The lowest BCUT2D eigenvalue weighted by Crippen LogP contribution is -2.29. The topological polar surface area (TPSA) is 68.9 Å². The molecule has 4 aromatic rings. The Balaban J connectivity index is 1.74. The van der Waals surface area contributed by atoms with Crippen LogP contribution in [0.3, 0.4) is 0 Å². The van der Waals surface area contributed by atoms with Gasteiger partial charge in [0.1, 0.15) is 0 Å². The fourth-order valence-electron chi connectivity index (χ4n) is 3.62. The number of nitrogens with one attached hydrogen (secondary N) is 1. The number of fused-ring (bicyclic) bond motifs is 2. The number of aromatic nitrogens is 3. The molecule has 6 nitrogen and oxygen atoms in total. The first-order chi connectivity index (χ1) is 14.0. The third-order valence-electron chi connectivity index (χ3n) is 4.99. The molecule has 2 heterocycles. The van der Waals surface area contributed by atoms with Crippen molar-refractivity contribution in [2.45, 2.75) is 33.9 Å². The van der Waals surface area contributed by atoms with Crippen LogP contribution in [0, 0.1) is 5.92 Å². The molecule has 0 atom stereocenters. The normalized spacial score (nSPS) is 11.4. The van der Waals surface area contributed by atoms with Gasteiger partial charge >= 0.3 is 0 Å². The highest BCUT2D eigenvalue weighted by Gasteiger charge is 2.17. The summed E-state index contributed by atoms with van der Waals surface area (Å²) in [5.74, 6) is -0.0877. The maximum Gasteiger partial charge on any atom is 0.276 e. The van der Waals surface area contributed by atoms with Gasteiger partial charge < -0.3 is 9.88 Å². The SMILES string of the molecule is CCn1ccc2cc(NC(=O)c3nn(CC(C)C)c(=O)c4ccccc34)ccc21. The van der Waals surface area contributed by atoms with Crippen LogP contribution < -0.4 is 10.9 Å². The molecule has 0 fully saturated rings. The number of anilines is 1. The van der Waals surface area contributed by atoms with Gasteiger partial charge in [-0.2, -0.15) is 5.10 Å². The molecule has 0 spiro atoms. The van der Waals surface area contributed by atoms with E-state index in [-0.39, 0.29) is 23.1 Å². The van der Waals surface area contributed by atoms with Gasteiger partial charge in [-0.3, -0.25) is 9.59 Å². The van der Waals surface area contributed by atoms with E-state index in [0.29, 0.717) is 23.0 Å². The lowest BCUT2D eigenvalue weighted by molar-refractivity contribution is 0.102. The summed E-state index contributed by atoms with van der Waals surface area (Å²) in [6.07, 6.45) is 2.03. The van der Waals surface area contributed by atoms with Crippen LogP contribution in [0.5, 0.6) is 0 Å². The summed E-state index contributed by atoms with van der Waals surface area (Å²) in [6.45, 7) is 7.47. The zero-order valence-electron chi connectivity index (χ0n) is 16.8. The first-order valence-corrected chi connectivity index (χ1v) is 9.88. The number of aryl methyl sites for hydroxylation is 1. The minimum absolute atomic E-state index is 0.173. The Kier molecular flexibility index (Phi) is 4.92. The number of rotatable bonds is 5. The van der Waals surface area contributed by atoms with Crippen molar-refractivity contribution in [3.8, 4) is 0 Å². The molecule has 148 valence electrons. The molecule has 29 heavy (non-hydrogen) atoms. The molecule has 0 saturated heterocycles. The Morgan fingerprint density at radius 2 is 1.86 bits per heavy atom. The summed E-state index contributed by atoms with van der Waals surface area (Å²) in [6, 6.07) is 15.0. The number of carbonyl (C=O) groups excluding carboxylic acids is 1. The molecule has 0 radical (unpaired) electrons. The number of carbonyl (C=O) groups is 1. The molecule has 0 aliphatic carbocycles. The van der Waals surface area contributed by atoms with E-state index in [0.717, 1.165) is 17.4 Å². The van der Waals surface area contributed by atoms with Crippen LogP contribution in [-0.2, 0) is 13.1 Å². The monoisotopic (exact) mass is 388 g/mol. The summed E-state index contributed by atoms with van der Waals surface area (Å²) < 4.78 is 3.55. The van der Waals surface area contributed by atoms with Crippen molar-refractivity contribution in [3.05, 3.63) is 70.8 Å². The molecule has 0 aliphatic rings. The second kappa shape index (κ2) is 7.54. The third kappa shape index (κ3) is 3.53. The Morgan fingerprint density at radius 1 is 1.10 bits per heavy atom. The minimum Gasteiger partial charge on any atom is -0.348 e. The van der Waals surface area contributed by atoms with Crippen molar-refractivity contribution in [2.24, 2.45) is 5.92 Å². The molecule has 1 N–H and O–H groups in total.